The van der Waals surface area contributed by atoms with Crippen LogP contribution in [-0.4, -0.2) is 11.4 Å². The molecule has 0 aromatic heterocycles. The third-order valence-corrected chi connectivity index (χ3v) is 2.25. The summed E-state index contributed by atoms with van der Waals surface area (Å²) in [6, 6.07) is 8.22. The maximum Gasteiger partial charge on any atom is 0.119 e. The lowest BCUT2D eigenvalue weighted by molar-refractivity contribution is 0.352. The molecule has 0 fully saturated rings. The van der Waals surface area contributed by atoms with Crippen LogP contribution in [0.2, 0.25) is 0 Å². The first-order valence-corrected chi connectivity index (χ1v) is 5.99. The van der Waals surface area contributed by atoms with Crippen LogP contribution in [0, 0.1) is 0 Å². The fraction of sp³-hybridized carbons (Fsp3) is 0.385. The summed E-state index contributed by atoms with van der Waals surface area (Å²) in [6.45, 7) is 8.49. The summed E-state index contributed by atoms with van der Waals surface area (Å²) >= 11 is 3.54. The summed E-state index contributed by atoms with van der Waals surface area (Å²) in [5.41, 5.74) is 2.36. The number of rotatable bonds is 5. The van der Waals surface area contributed by atoms with E-state index in [1.165, 1.54) is 5.56 Å². The van der Waals surface area contributed by atoms with Crippen molar-refractivity contribution < 1.29 is 4.74 Å². The Labute approximate surface area is 100 Å². The van der Waals surface area contributed by atoms with E-state index in [1.807, 2.05) is 19.1 Å². The van der Waals surface area contributed by atoms with Crippen LogP contribution in [0.15, 0.2) is 36.4 Å². The minimum atomic E-state index is 0.514. The second kappa shape index (κ2) is 5.96. The molecule has 0 bridgehead atoms. The van der Waals surface area contributed by atoms with Gasteiger partial charge in [0, 0.05) is 4.83 Å². The van der Waals surface area contributed by atoms with E-state index >= 15 is 0 Å². The van der Waals surface area contributed by atoms with Gasteiger partial charge >= 0.3 is 0 Å². The van der Waals surface area contributed by atoms with Gasteiger partial charge in [-0.25, -0.2) is 0 Å². The molecule has 0 radical (unpaired) electrons. The molecule has 1 rings (SSSR count). The fourth-order valence-electron chi connectivity index (χ4n) is 1.25. The van der Waals surface area contributed by atoms with Gasteiger partial charge in [0.25, 0.3) is 0 Å². The zero-order valence-corrected chi connectivity index (χ0v) is 10.9. The van der Waals surface area contributed by atoms with Gasteiger partial charge in [-0.1, -0.05) is 41.6 Å². The predicted molar refractivity (Wildman–Crippen MR) is 68.8 cm³/mol. The lowest BCUT2D eigenvalue weighted by Crippen LogP contribution is -1.99. The van der Waals surface area contributed by atoms with Crippen molar-refractivity contribution in [3.05, 3.63) is 42.0 Å². The Morgan fingerprint density at radius 2 is 2.00 bits per heavy atom. The van der Waals surface area contributed by atoms with E-state index < -0.39 is 0 Å². The SMILES string of the molecule is C=C(C)COc1ccc(CC(C)Br)cc1. The number of ether oxygens (including phenoxy) is 1. The quantitative estimate of drug-likeness (QED) is 0.580. The molecule has 0 saturated carbocycles. The number of alkyl halides is 1. The monoisotopic (exact) mass is 268 g/mol. The van der Waals surface area contributed by atoms with Gasteiger partial charge < -0.3 is 4.74 Å². The van der Waals surface area contributed by atoms with Gasteiger partial charge in [0.15, 0.2) is 0 Å². The van der Waals surface area contributed by atoms with E-state index in [1.54, 1.807) is 0 Å². The topological polar surface area (TPSA) is 9.23 Å². The van der Waals surface area contributed by atoms with E-state index in [-0.39, 0.29) is 0 Å². The van der Waals surface area contributed by atoms with E-state index in [0.29, 0.717) is 11.4 Å². The number of benzene rings is 1. The summed E-state index contributed by atoms with van der Waals surface area (Å²) in [6.07, 6.45) is 1.04. The Balaban J connectivity index is 2.52. The molecular formula is C13H17BrO. The average molecular weight is 269 g/mol. The molecule has 0 aliphatic rings. The Morgan fingerprint density at radius 1 is 1.40 bits per heavy atom. The third kappa shape index (κ3) is 5.03. The van der Waals surface area contributed by atoms with Gasteiger partial charge in [-0.3, -0.25) is 0 Å². The normalized spacial score (nSPS) is 12.2. The maximum absolute atomic E-state index is 5.52. The van der Waals surface area contributed by atoms with Gasteiger partial charge in [-0.05, 0) is 36.6 Å². The van der Waals surface area contributed by atoms with Crippen LogP contribution >= 0.6 is 15.9 Å². The van der Waals surface area contributed by atoms with E-state index in [0.717, 1.165) is 17.7 Å². The molecule has 0 aliphatic carbocycles. The van der Waals surface area contributed by atoms with Crippen LogP contribution in [0.5, 0.6) is 5.75 Å². The molecule has 0 aliphatic heterocycles. The van der Waals surface area contributed by atoms with Gasteiger partial charge in [0.1, 0.15) is 12.4 Å². The van der Waals surface area contributed by atoms with Crippen LogP contribution in [0.3, 0.4) is 0 Å². The van der Waals surface area contributed by atoms with Crippen molar-refractivity contribution in [2.24, 2.45) is 0 Å². The van der Waals surface area contributed by atoms with Crippen LogP contribution in [0.4, 0.5) is 0 Å². The van der Waals surface area contributed by atoms with Crippen LogP contribution in [0.25, 0.3) is 0 Å². The zero-order valence-electron chi connectivity index (χ0n) is 9.29. The molecule has 1 atom stereocenters. The summed E-state index contributed by atoms with van der Waals surface area (Å²) in [5, 5.41) is 0. The molecule has 0 heterocycles. The molecule has 2 heteroatoms. The summed E-state index contributed by atoms with van der Waals surface area (Å²) in [7, 11) is 0. The van der Waals surface area contributed by atoms with Gasteiger partial charge in [0.2, 0.25) is 0 Å². The molecule has 0 spiro atoms. The molecule has 0 saturated heterocycles. The molecule has 1 unspecified atom stereocenters. The molecular weight excluding hydrogens is 252 g/mol. The molecule has 0 N–H and O–H groups in total. The van der Waals surface area contributed by atoms with Crippen molar-refractivity contribution in [1.82, 2.24) is 0 Å². The first-order valence-electron chi connectivity index (χ1n) is 5.08. The van der Waals surface area contributed by atoms with Crippen molar-refractivity contribution in [3.8, 4) is 5.75 Å². The van der Waals surface area contributed by atoms with Crippen molar-refractivity contribution >= 4 is 15.9 Å². The molecule has 82 valence electrons. The molecule has 15 heavy (non-hydrogen) atoms. The fourth-order valence-corrected chi connectivity index (χ4v) is 1.63. The Kier molecular flexibility index (Phi) is 4.89. The highest BCUT2D eigenvalue weighted by molar-refractivity contribution is 9.09. The van der Waals surface area contributed by atoms with Crippen LogP contribution < -0.4 is 4.74 Å². The number of hydrogen-bond acceptors (Lipinski definition) is 1. The van der Waals surface area contributed by atoms with Gasteiger partial charge in [-0.15, -0.1) is 0 Å². The van der Waals surface area contributed by atoms with Gasteiger partial charge in [0.05, 0.1) is 0 Å². The van der Waals surface area contributed by atoms with E-state index in [2.05, 4.69) is 41.6 Å². The Hall–Kier alpha value is -0.760. The van der Waals surface area contributed by atoms with E-state index in [4.69, 9.17) is 4.74 Å². The van der Waals surface area contributed by atoms with Crippen molar-refractivity contribution in [2.45, 2.75) is 25.1 Å². The van der Waals surface area contributed by atoms with Crippen LogP contribution in [0.1, 0.15) is 19.4 Å². The number of hydrogen-bond donors (Lipinski definition) is 0. The largest absolute Gasteiger partial charge is 0.489 e. The predicted octanol–water partition coefficient (Wildman–Crippen LogP) is 3.97. The first kappa shape index (κ1) is 12.3. The molecule has 1 nitrogen and oxygen atoms in total. The second-order valence-electron chi connectivity index (χ2n) is 3.87. The maximum atomic E-state index is 5.52. The minimum absolute atomic E-state index is 0.514. The minimum Gasteiger partial charge on any atom is -0.489 e. The highest BCUT2D eigenvalue weighted by atomic mass is 79.9. The van der Waals surface area contributed by atoms with Crippen molar-refractivity contribution in [1.29, 1.82) is 0 Å². The zero-order chi connectivity index (χ0) is 11.3. The smallest absolute Gasteiger partial charge is 0.119 e. The molecule has 1 aromatic rings. The highest BCUT2D eigenvalue weighted by Crippen LogP contribution is 2.15. The van der Waals surface area contributed by atoms with E-state index in [9.17, 15) is 0 Å². The first-order chi connectivity index (χ1) is 7.08. The lowest BCUT2D eigenvalue weighted by Gasteiger charge is -2.07. The lowest BCUT2D eigenvalue weighted by atomic mass is 10.1. The number of halogens is 1. The standard InChI is InChI=1S/C13H17BrO/c1-10(2)9-15-13-6-4-12(5-7-13)8-11(3)14/h4-7,11H,1,8-9H2,2-3H3. The third-order valence-electron chi connectivity index (χ3n) is 1.93. The Bertz CT molecular complexity index is 314. The summed E-state index contributed by atoms with van der Waals surface area (Å²) in [4.78, 5) is 0.514. The second-order valence-corrected chi connectivity index (χ2v) is 5.44. The van der Waals surface area contributed by atoms with Gasteiger partial charge in [-0.2, -0.15) is 0 Å². The summed E-state index contributed by atoms with van der Waals surface area (Å²) < 4.78 is 5.52. The van der Waals surface area contributed by atoms with Crippen molar-refractivity contribution in [3.63, 3.8) is 0 Å². The van der Waals surface area contributed by atoms with Crippen LogP contribution in [-0.2, 0) is 6.42 Å². The highest BCUT2D eigenvalue weighted by Gasteiger charge is 1.99. The molecule has 1 aromatic carbocycles. The van der Waals surface area contributed by atoms with Crippen molar-refractivity contribution in [2.75, 3.05) is 6.61 Å². The Morgan fingerprint density at radius 3 is 2.47 bits per heavy atom. The average Bonchev–Trinajstić information content (AvgIpc) is 2.16. The molecule has 0 amide bonds. The summed E-state index contributed by atoms with van der Waals surface area (Å²) in [5.74, 6) is 0.906.